The van der Waals surface area contributed by atoms with Crippen LogP contribution in [0.1, 0.15) is 29.8 Å². The summed E-state index contributed by atoms with van der Waals surface area (Å²) in [5.74, 6) is 1.97. The second-order valence-corrected chi connectivity index (χ2v) is 6.36. The molecule has 2 aromatic rings. The average Bonchev–Trinajstić information content (AvgIpc) is 2.65. The SMILES string of the molecule is COc1ccc(C(=O)NCC(C)(C)c2ccc(OC)c(OC)c2)cc1. The fourth-order valence-corrected chi connectivity index (χ4v) is 2.50. The number of hydrogen-bond donors (Lipinski definition) is 1. The summed E-state index contributed by atoms with van der Waals surface area (Å²) < 4.78 is 15.7. The highest BCUT2D eigenvalue weighted by Crippen LogP contribution is 2.32. The summed E-state index contributed by atoms with van der Waals surface area (Å²) in [5, 5.41) is 2.99. The lowest BCUT2D eigenvalue weighted by atomic mass is 9.84. The molecule has 0 radical (unpaired) electrons. The molecule has 0 unspecified atom stereocenters. The topological polar surface area (TPSA) is 56.8 Å². The Morgan fingerprint density at radius 3 is 2.12 bits per heavy atom. The molecular weight excluding hydrogens is 318 g/mol. The van der Waals surface area contributed by atoms with E-state index in [-0.39, 0.29) is 11.3 Å². The number of hydrogen-bond acceptors (Lipinski definition) is 4. The number of carbonyl (C=O) groups is 1. The lowest BCUT2D eigenvalue weighted by Crippen LogP contribution is -2.36. The predicted molar refractivity (Wildman–Crippen MR) is 97.9 cm³/mol. The van der Waals surface area contributed by atoms with Crippen LogP contribution in [0.25, 0.3) is 0 Å². The van der Waals surface area contributed by atoms with Gasteiger partial charge in [0.15, 0.2) is 11.5 Å². The average molecular weight is 343 g/mol. The minimum Gasteiger partial charge on any atom is -0.497 e. The summed E-state index contributed by atoms with van der Waals surface area (Å²) >= 11 is 0. The van der Waals surface area contributed by atoms with Crippen molar-refractivity contribution in [2.75, 3.05) is 27.9 Å². The van der Waals surface area contributed by atoms with E-state index in [9.17, 15) is 4.79 Å². The van der Waals surface area contributed by atoms with E-state index < -0.39 is 0 Å². The highest BCUT2D eigenvalue weighted by Gasteiger charge is 2.23. The second-order valence-electron chi connectivity index (χ2n) is 6.36. The first-order valence-electron chi connectivity index (χ1n) is 8.06. The first kappa shape index (κ1) is 18.6. The molecule has 0 aliphatic rings. The van der Waals surface area contributed by atoms with Crippen molar-refractivity contribution < 1.29 is 19.0 Å². The van der Waals surface area contributed by atoms with Crippen molar-refractivity contribution in [2.24, 2.45) is 0 Å². The normalized spacial score (nSPS) is 10.9. The zero-order chi connectivity index (χ0) is 18.4. The Hall–Kier alpha value is -2.69. The maximum absolute atomic E-state index is 12.3. The van der Waals surface area contributed by atoms with Gasteiger partial charge in [0, 0.05) is 17.5 Å². The molecule has 1 amide bonds. The van der Waals surface area contributed by atoms with Crippen molar-refractivity contribution >= 4 is 5.91 Å². The minimum atomic E-state index is -0.262. The van der Waals surface area contributed by atoms with Gasteiger partial charge in [-0.25, -0.2) is 0 Å². The van der Waals surface area contributed by atoms with Crippen LogP contribution in [0, 0.1) is 0 Å². The van der Waals surface area contributed by atoms with Gasteiger partial charge in [-0.05, 0) is 42.0 Å². The van der Waals surface area contributed by atoms with Crippen molar-refractivity contribution in [2.45, 2.75) is 19.3 Å². The molecule has 0 heterocycles. The molecule has 25 heavy (non-hydrogen) atoms. The Bertz CT molecular complexity index is 723. The van der Waals surface area contributed by atoms with E-state index in [2.05, 4.69) is 19.2 Å². The molecule has 0 aliphatic heterocycles. The van der Waals surface area contributed by atoms with Gasteiger partial charge in [-0.2, -0.15) is 0 Å². The predicted octanol–water partition coefficient (Wildman–Crippen LogP) is 3.42. The summed E-state index contributed by atoms with van der Waals surface area (Å²) in [6, 6.07) is 12.8. The largest absolute Gasteiger partial charge is 0.497 e. The van der Waals surface area contributed by atoms with Gasteiger partial charge in [-0.15, -0.1) is 0 Å². The smallest absolute Gasteiger partial charge is 0.251 e. The van der Waals surface area contributed by atoms with Gasteiger partial charge in [0.05, 0.1) is 21.3 Å². The molecule has 2 rings (SSSR count). The van der Waals surface area contributed by atoms with Gasteiger partial charge in [0.1, 0.15) is 5.75 Å². The third-order valence-electron chi connectivity index (χ3n) is 4.21. The molecule has 1 N–H and O–H groups in total. The molecule has 0 saturated heterocycles. The third-order valence-corrected chi connectivity index (χ3v) is 4.21. The van der Waals surface area contributed by atoms with E-state index in [1.54, 1.807) is 45.6 Å². The summed E-state index contributed by atoms with van der Waals surface area (Å²) in [6.45, 7) is 4.64. The van der Waals surface area contributed by atoms with Crippen LogP contribution in [-0.4, -0.2) is 33.8 Å². The Labute approximate surface area is 148 Å². The number of nitrogens with one attached hydrogen (secondary N) is 1. The summed E-state index contributed by atoms with van der Waals surface area (Å²) in [6.07, 6.45) is 0. The molecule has 0 saturated carbocycles. The standard InChI is InChI=1S/C20H25NO4/c1-20(2,15-8-11-17(24-4)18(12-15)25-5)13-21-19(22)14-6-9-16(23-3)10-7-14/h6-12H,13H2,1-5H3,(H,21,22). The van der Waals surface area contributed by atoms with E-state index in [1.165, 1.54) is 0 Å². The molecule has 0 atom stereocenters. The molecule has 0 spiro atoms. The van der Waals surface area contributed by atoms with Crippen molar-refractivity contribution in [3.8, 4) is 17.2 Å². The summed E-state index contributed by atoms with van der Waals surface area (Å²) in [4.78, 5) is 12.3. The van der Waals surface area contributed by atoms with E-state index >= 15 is 0 Å². The molecule has 5 heteroatoms. The van der Waals surface area contributed by atoms with Crippen LogP contribution in [-0.2, 0) is 5.41 Å². The highest BCUT2D eigenvalue weighted by molar-refractivity contribution is 5.94. The van der Waals surface area contributed by atoms with Gasteiger partial charge in [-0.1, -0.05) is 19.9 Å². The van der Waals surface area contributed by atoms with Crippen LogP contribution < -0.4 is 19.5 Å². The van der Waals surface area contributed by atoms with E-state index in [0.29, 0.717) is 23.6 Å². The van der Waals surface area contributed by atoms with Crippen LogP contribution >= 0.6 is 0 Å². The number of ether oxygens (including phenoxy) is 3. The van der Waals surface area contributed by atoms with Crippen molar-refractivity contribution in [1.29, 1.82) is 0 Å². The number of amides is 1. The fourth-order valence-electron chi connectivity index (χ4n) is 2.50. The second kappa shape index (κ2) is 7.92. The van der Waals surface area contributed by atoms with Gasteiger partial charge in [-0.3, -0.25) is 4.79 Å². The first-order chi connectivity index (χ1) is 11.9. The molecule has 0 aromatic heterocycles. The van der Waals surface area contributed by atoms with E-state index in [4.69, 9.17) is 14.2 Å². The first-order valence-corrected chi connectivity index (χ1v) is 8.06. The Balaban J connectivity index is 2.08. The molecule has 5 nitrogen and oxygen atoms in total. The third kappa shape index (κ3) is 4.44. The quantitative estimate of drug-likeness (QED) is 0.837. The molecule has 0 fully saturated rings. The minimum absolute atomic E-state index is 0.115. The Kier molecular flexibility index (Phi) is 5.91. The van der Waals surface area contributed by atoms with Gasteiger partial charge >= 0.3 is 0 Å². The molecule has 0 aliphatic carbocycles. The van der Waals surface area contributed by atoms with Crippen LogP contribution in [0.3, 0.4) is 0 Å². The van der Waals surface area contributed by atoms with Gasteiger partial charge in [0.2, 0.25) is 0 Å². The van der Waals surface area contributed by atoms with Crippen LogP contribution in [0.4, 0.5) is 0 Å². The number of rotatable bonds is 7. The maximum atomic E-state index is 12.3. The Morgan fingerprint density at radius 2 is 1.56 bits per heavy atom. The van der Waals surface area contributed by atoms with E-state index in [1.807, 2.05) is 18.2 Å². The van der Waals surface area contributed by atoms with E-state index in [0.717, 1.165) is 11.3 Å². The molecular formula is C20H25NO4. The number of carbonyl (C=O) groups excluding carboxylic acids is 1. The monoisotopic (exact) mass is 343 g/mol. The lowest BCUT2D eigenvalue weighted by molar-refractivity contribution is 0.0945. The zero-order valence-electron chi connectivity index (χ0n) is 15.4. The summed E-state index contributed by atoms with van der Waals surface area (Å²) in [5.41, 5.74) is 1.39. The lowest BCUT2D eigenvalue weighted by Gasteiger charge is -2.26. The molecule has 2 aromatic carbocycles. The highest BCUT2D eigenvalue weighted by atomic mass is 16.5. The summed E-state index contributed by atoms with van der Waals surface area (Å²) in [7, 11) is 4.82. The van der Waals surface area contributed by atoms with Crippen LogP contribution in [0.15, 0.2) is 42.5 Å². The van der Waals surface area contributed by atoms with Crippen molar-refractivity contribution in [3.63, 3.8) is 0 Å². The Morgan fingerprint density at radius 1 is 0.920 bits per heavy atom. The number of methoxy groups -OCH3 is 3. The number of benzene rings is 2. The van der Waals surface area contributed by atoms with Gasteiger partial charge in [0.25, 0.3) is 5.91 Å². The van der Waals surface area contributed by atoms with Gasteiger partial charge < -0.3 is 19.5 Å². The van der Waals surface area contributed by atoms with Crippen molar-refractivity contribution in [1.82, 2.24) is 5.32 Å². The van der Waals surface area contributed by atoms with Crippen molar-refractivity contribution in [3.05, 3.63) is 53.6 Å². The fraction of sp³-hybridized carbons (Fsp3) is 0.350. The maximum Gasteiger partial charge on any atom is 0.251 e. The van der Waals surface area contributed by atoms with Crippen LogP contribution in [0.2, 0.25) is 0 Å². The molecule has 0 bridgehead atoms. The van der Waals surface area contributed by atoms with Crippen LogP contribution in [0.5, 0.6) is 17.2 Å². The zero-order valence-corrected chi connectivity index (χ0v) is 15.4. The molecule has 134 valence electrons.